The molecule has 0 aromatic heterocycles. The molecule has 0 bridgehead atoms. The molecule has 5 nitrogen and oxygen atoms in total. The Morgan fingerprint density at radius 1 is 1.25 bits per heavy atom. The highest BCUT2D eigenvalue weighted by Gasteiger charge is 2.36. The number of methoxy groups -OCH3 is 1. The van der Waals surface area contributed by atoms with Crippen molar-refractivity contribution in [1.82, 2.24) is 5.43 Å². The number of nitrogens with zero attached hydrogens (tertiary/aromatic N) is 1. The topological polar surface area (TPSA) is 76.7 Å². The predicted molar refractivity (Wildman–Crippen MR) is 94.4 cm³/mol. The summed E-state index contributed by atoms with van der Waals surface area (Å²) in [7, 11) is 1.66. The van der Waals surface area contributed by atoms with Gasteiger partial charge in [0.05, 0.1) is 12.8 Å². The Bertz CT molecular complexity index is 786. The number of rotatable bonds is 3. The quantitative estimate of drug-likeness (QED) is 0.851. The highest BCUT2D eigenvalue weighted by Crippen LogP contribution is 2.43. The summed E-state index contributed by atoms with van der Waals surface area (Å²) in [6, 6.07) is 15.7. The van der Waals surface area contributed by atoms with Crippen LogP contribution in [0.4, 0.5) is 4.79 Å². The molecule has 3 N–H and O–H groups in total. The summed E-state index contributed by atoms with van der Waals surface area (Å²) in [4.78, 5) is 11.0. The molecule has 2 amide bonds. The average molecular weight is 323 g/mol. The summed E-state index contributed by atoms with van der Waals surface area (Å²) >= 11 is 0. The number of carbonyl (C=O) groups excluding carboxylic acids is 1. The molecule has 0 unspecified atom stereocenters. The van der Waals surface area contributed by atoms with Crippen LogP contribution >= 0.6 is 0 Å². The number of amides is 2. The van der Waals surface area contributed by atoms with Crippen molar-refractivity contribution < 1.29 is 9.53 Å². The molecule has 124 valence electrons. The van der Waals surface area contributed by atoms with E-state index in [1.165, 1.54) is 5.56 Å². The van der Waals surface area contributed by atoms with Gasteiger partial charge in [0.2, 0.25) is 0 Å². The second-order valence-electron chi connectivity index (χ2n) is 6.14. The summed E-state index contributed by atoms with van der Waals surface area (Å²) in [5.74, 6) is 0.806. The van der Waals surface area contributed by atoms with Crippen molar-refractivity contribution >= 4 is 11.7 Å². The minimum atomic E-state index is -0.658. The third-order valence-corrected chi connectivity index (χ3v) is 4.71. The lowest BCUT2D eigenvalue weighted by molar-refractivity contribution is 0.249. The number of carbonyl (C=O) groups is 1. The molecular formula is C19H21N3O2. The molecule has 0 heterocycles. The van der Waals surface area contributed by atoms with E-state index in [0.717, 1.165) is 35.4 Å². The molecule has 1 atom stereocenters. The fraction of sp³-hybridized carbons (Fsp3) is 0.263. The van der Waals surface area contributed by atoms with Gasteiger partial charge in [0.1, 0.15) is 5.75 Å². The minimum absolute atomic E-state index is 0.142. The molecule has 0 aliphatic heterocycles. The fourth-order valence-corrected chi connectivity index (χ4v) is 3.34. The van der Waals surface area contributed by atoms with Crippen molar-refractivity contribution in [2.75, 3.05) is 7.11 Å². The van der Waals surface area contributed by atoms with Gasteiger partial charge in [-0.3, -0.25) is 0 Å². The molecule has 0 saturated carbocycles. The lowest BCUT2D eigenvalue weighted by atomic mass is 9.67. The van der Waals surface area contributed by atoms with Crippen molar-refractivity contribution in [2.45, 2.75) is 25.2 Å². The van der Waals surface area contributed by atoms with Crippen LogP contribution in [-0.4, -0.2) is 18.9 Å². The van der Waals surface area contributed by atoms with E-state index in [1.807, 2.05) is 18.2 Å². The van der Waals surface area contributed by atoms with Gasteiger partial charge in [0.25, 0.3) is 0 Å². The second-order valence-corrected chi connectivity index (χ2v) is 6.14. The van der Waals surface area contributed by atoms with Crippen LogP contribution in [0.5, 0.6) is 5.75 Å². The number of urea groups is 1. The normalized spacial score (nSPS) is 21.2. The van der Waals surface area contributed by atoms with E-state index in [4.69, 9.17) is 10.5 Å². The van der Waals surface area contributed by atoms with Gasteiger partial charge in [-0.1, -0.05) is 37.3 Å². The molecule has 3 rings (SSSR count). The Morgan fingerprint density at radius 2 is 2.00 bits per heavy atom. The lowest BCUT2D eigenvalue weighted by Gasteiger charge is -2.37. The van der Waals surface area contributed by atoms with Crippen LogP contribution in [0.15, 0.2) is 53.6 Å². The maximum atomic E-state index is 11.0. The van der Waals surface area contributed by atoms with E-state index in [1.54, 1.807) is 7.11 Å². The molecule has 24 heavy (non-hydrogen) atoms. The van der Waals surface area contributed by atoms with Gasteiger partial charge in [-0.25, -0.2) is 10.2 Å². The van der Waals surface area contributed by atoms with E-state index >= 15 is 0 Å². The van der Waals surface area contributed by atoms with Crippen LogP contribution in [0.25, 0.3) is 0 Å². The Morgan fingerprint density at radius 3 is 2.67 bits per heavy atom. The molecule has 0 spiro atoms. The van der Waals surface area contributed by atoms with Crippen molar-refractivity contribution in [3.05, 3.63) is 65.2 Å². The standard InChI is InChI=1S/C19H21N3O2/c1-19(13-6-4-3-5-7-13)11-10-17(21-22-18(20)23)15-9-8-14(24-2)12-16(15)19/h3-9,12H,10-11H2,1-2H3,(H3,20,22,23)/b21-17-/t19-/m1/s1. The minimum Gasteiger partial charge on any atom is -0.497 e. The zero-order chi connectivity index (χ0) is 17.2. The van der Waals surface area contributed by atoms with Crippen LogP contribution in [0, 0.1) is 0 Å². The van der Waals surface area contributed by atoms with Crippen LogP contribution in [0.3, 0.4) is 0 Å². The van der Waals surface area contributed by atoms with Gasteiger partial charge >= 0.3 is 6.03 Å². The Hall–Kier alpha value is -2.82. The van der Waals surface area contributed by atoms with Crippen molar-refractivity contribution in [3.63, 3.8) is 0 Å². The number of ether oxygens (including phenoxy) is 1. The van der Waals surface area contributed by atoms with Gasteiger partial charge in [-0.05, 0) is 42.2 Å². The number of primary amides is 1. The first-order chi connectivity index (χ1) is 11.5. The number of hydrogen-bond donors (Lipinski definition) is 2. The molecule has 0 radical (unpaired) electrons. The molecule has 1 aliphatic rings. The maximum absolute atomic E-state index is 11.0. The smallest absolute Gasteiger partial charge is 0.332 e. The summed E-state index contributed by atoms with van der Waals surface area (Å²) in [5, 5.41) is 4.19. The number of nitrogens with two attached hydrogens (primary N) is 1. The van der Waals surface area contributed by atoms with Gasteiger partial charge in [0.15, 0.2) is 0 Å². The molecule has 1 aliphatic carbocycles. The van der Waals surface area contributed by atoms with Gasteiger partial charge in [0, 0.05) is 11.0 Å². The van der Waals surface area contributed by atoms with E-state index in [9.17, 15) is 4.79 Å². The first-order valence-corrected chi connectivity index (χ1v) is 7.91. The summed E-state index contributed by atoms with van der Waals surface area (Å²) in [6.45, 7) is 2.24. The van der Waals surface area contributed by atoms with Gasteiger partial charge in [-0.2, -0.15) is 5.10 Å². The number of fused-ring (bicyclic) bond motifs is 1. The highest BCUT2D eigenvalue weighted by molar-refractivity contribution is 6.04. The van der Waals surface area contributed by atoms with Crippen LogP contribution in [0.1, 0.15) is 36.5 Å². The lowest BCUT2D eigenvalue weighted by Crippen LogP contribution is -2.33. The Kier molecular flexibility index (Phi) is 4.25. The number of benzene rings is 2. The largest absolute Gasteiger partial charge is 0.497 e. The first kappa shape index (κ1) is 16.1. The van der Waals surface area contributed by atoms with E-state index in [-0.39, 0.29) is 5.41 Å². The molecule has 0 saturated heterocycles. The predicted octanol–water partition coefficient (Wildman–Crippen LogP) is 3.17. The van der Waals surface area contributed by atoms with Crippen molar-refractivity contribution in [2.24, 2.45) is 10.8 Å². The fourth-order valence-electron chi connectivity index (χ4n) is 3.34. The molecule has 2 aromatic carbocycles. The Balaban J connectivity index is 2.14. The zero-order valence-electron chi connectivity index (χ0n) is 13.9. The van der Waals surface area contributed by atoms with E-state index < -0.39 is 6.03 Å². The third kappa shape index (κ3) is 2.85. The summed E-state index contributed by atoms with van der Waals surface area (Å²) < 4.78 is 5.41. The van der Waals surface area contributed by atoms with Crippen LogP contribution < -0.4 is 15.9 Å². The van der Waals surface area contributed by atoms with Crippen molar-refractivity contribution in [3.8, 4) is 5.75 Å². The first-order valence-electron chi connectivity index (χ1n) is 7.91. The Labute approximate surface area is 141 Å². The monoisotopic (exact) mass is 323 g/mol. The maximum Gasteiger partial charge on any atom is 0.332 e. The van der Waals surface area contributed by atoms with E-state index in [2.05, 4.69) is 47.8 Å². The number of nitrogens with one attached hydrogen (secondary N) is 1. The van der Waals surface area contributed by atoms with Crippen LogP contribution in [-0.2, 0) is 5.41 Å². The highest BCUT2D eigenvalue weighted by atomic mass is 16.5. The SMILES string of the molecule is COc1ccc2c(c1)[C@@](C)(c1ccccc1)CC/C2=N/NC(N)=O. The average Bonchev–Trinajstić information content (AvgIpc) is 2.61. The summed E-state index contributed by atoms with van der Waals surface area (Å²) in [6.07, 6.45) is 1.64. The number of hydrogen-bond acceptors (Lipinski definition) is 3. The second kappa shape index (κ2) is 6.35. The van der Waals surface area contributed by atoms with Gasteiger partial charge in [-0.15, -0.1) is 0 Å². The number of hydrazone groups is 1. The molecule has 2 aromatic rings. The molecular weight excluding hydrogens is 302 g/mol. The third-order valence-electron chi connectivity index (χ3n) is 4.71. The van der Waals surface area contributed by atoms with Crippen molar-refractivity contribution in [1.29, 1.82) is 0 Å². The van der Waals surface area contributed by atoms with Crippen LogP contribution in [0.2, 0.25) is 0 Å². The zero-order valence-corrected chi connectivity index (χ0v) is 13.9. The van der Waals surface area contributed by atoms with E-state index in [0.29, 0.717) is 0 Å². The molecule has 5 heteroatoms. The molecule has 0 fully saturated rings. The summed E-state index contributed by atoms with van der Waals surface area (Å²) in [5.41, 5.74) is 11.6. The van der Waals surface area contributed by atoms with Gasteiger partial charge < -0.3 is 10.5 Å².